The molecule has 4 fully saturated rings. The van der Waals surface area contributed by atoms with E-state index in [1.165, 1.54) is 0 Å². The van der Waals surface area contributed by atoms with Crippen molar-refractivity contribution in [1.29, 1.82) is 0 Å². The lowest BCUT2D eigenvalue weighted by molar-refractivity contribution is -0.318. The smallest absolute Gasteiger partial charge is 0.314 e. The summed E-state index contributed by atoms with van der Waals surface area (Å²) in [5.74, 6) is -1.38. The van der Waals surface area contributed by atoms with Gasteiger partial charge in [-0.1, -0.05) is 84.4 Å². The van der Waals surface area contributed by atoms with Gasteiger partial charge in [-0.25, -0.2) is 0 Å². The molecular weight excluding hydrogens is 809 g/mol. The fourth-order valence-electron chi connectivity index (χ4n) is 10.5. The number of hydrogen-bond acceptors (Lipinski definition) is 13. The topological polar surface area (TPSA) is 150 Å². The average molecular weight is 887 g/mol. The van der Waals surface area contributed by atoms with E-state index in [1.54, 1.807) is 14.2 Å². The zero-order valence-electron chi connectivity index (χ0n) is 39.9. The number of methoxy groups -OCH3 is 2. The van der Waals surface area contributed by atoms with Gasteiger partial charge in [0.1, 0.15) is 24.4 Å². The van der Waals surface area contributed by atoms with E-state index in [0.29, 0.717) is 43.8 Å². The molecule has 0 radical (unpaired) electrons. The van der Waals surface area contributed by atoms with Crippen LogP contribution in [0.15, 0.2) is 59.3 Å². The van der Waals surface area contributed by atoms with Crippen LogP contribution in [0.4, 0.5) is 0 Å². The molecule has 19 atom stereocenters. The van der Waals surface area contributed by atoms with Crippen LogP contribution >= 0.6 is 0 Å². The maximum atomic E-state index is 14.4. The predicted octanol–water partition coefficient (Wildman–Crippen LogP) is 7.29. The van der Waals surface area contributed by atoms with Crippen molar-refractivity contribution in [2.24, 2.45) is 29.1 Å². The van der Waals surface area contributed by atoms with Crippen molar-refractivity contribution in [3.8, 4) is 0 Å². The largest absolute Gasteiger partial charge is 0.462 e. The van der Waals surface area contributed by atoms with Gasteiger partial charge in [-0.2, -0.15) is 0 Å². The lowest BCUT2D eigenvalue weighted by Crippen LogP contribution is -2.55. The van der Waals surface area contributed by atoms with Gasteiger partial charge in [0.05, 0.1) is 61.9 Å². The van der Waals surface area contributed by atoms with Crippen molar-refractivity contribution in [1.82, 2.24) is 0 Å². The monoisotopic (exact) mass is 887 g/mol. The number of carbonyl (C=O) groups excluding carboxylic acids is 1. The zero-order valence-corrected chi connectivity index (χ0v) is 39.9. The first-order valence-electron chi connectivity index (χ1n) is 23.6. The summed E-state index contributed by atoms with van der Waals surface area (Å²) in [4.78, 5) is 14.4. The third-order valence-corrected chi connectivity index (χ3v) is 14.7. The highest BCUT2D eigenvalue weighted by molar-refractivity contribution is 5.77. The number of rotatable bonds is 15. The molecule has 63 heavy (non-hydrogen) atoms. The van der Waals surface area contributed by atoms with Crippen LogP contribution in [-0.2, 0) is 52.2 Å². The molecule has 5 heterocycles. The second-order valence-electron chi connectivity index (χ2n) is 19.2. The number of allylic oxidation sites excluding steroid dienone is 3. The van der Waals surface area contributed by atoms with Gasteiger partial charge < -0.3 is 57.6 Å². The van der Waals surface area contributed by atoms with E-state index in [2.05, 4.69) is 59.8 Å². The number of fused-ring (bicyclic) bond motifs is 1. The molecule has 13 nitrogen and oxygen atoms in total. The van der Waals surface area contributed by atoms with E-state index in [-0.39, 0.29) is 48.8 Å². The molecule has 2 N–H and O–H groups in total. The Morgan fingerprint density at radius 3 is 2.44 bits per heavy atom. The Bertz CT molecular complexity index is 1690. The van der Waals surface area contributed by atoms with Crippen LogP contribution in [0.3, 0.4) is 0 Å². The third-order valence-electron chi connectivity index (χ3n) is 14.7. The van der Waals surface area contributed by atoms with Gasteiger partial charge in [-0.05, 0) is 62.8 Å². The summed E-state index contributed by atoms with van der Waals surface area (Å²) < 4.78 is 62.7. The Kier molecular flexibility index (Phi) is 17.2. The number of aliphatic hydroxyl groups excluding tert-OH is 2. The van der Waals surface area contributed by atoms with Crippen LogP contribution in [0.5, 0.6) is 0 Å². The predicted molar refractivity (Wildman–Crippen MR) is 237 cm³/mol. The number of hydrogen-bond donors (Lipinski definition) is 2. The molecule has 0 aromatic rings. The van der Waals surface area contributed by atoms with E-state index in [0.717, 1.165) is 24.0 Å². The van der Waals surface area contributed by atoms with Crippen LogP contribution in [0, 0.1) is 29.1 Å². The highest BCUT2D eigenvalue weighted by atomic mass is 16.7. The molecule has 0 amide bonds. The molecule has 356 valence electrons. The van der Waals surface area contributed by atoms with Crippen molar-refractivity contribution in [3.63, 3.8) is 0 Å². The molecule has 0 bridgehead atoms. The molecule has 0 aromatic heterocycles. The summed E-state index contributed by atoms with van der Waals surface area (Å²) in [5.41, 5.74) is 1.85. The maximum absolute atomic E-state index is 14.4. The molecule has 1 spiro atoms. The van der Waals surface area contributed by atoms with Crippen LogP contribution in [0.1, 0.15) is 108 Å². The van der Waals surface area contributed by atoms with Crippen molar-refractivity contribution < 1.29 is 62.4 Å². The van der Waals surface area contributed by atoms with Gasteiger partial charge in [0, 0.05) is 57.2 Å². The quantitative estimate of drug-likeness (QED) is 0.125. The highest BCUT2D eigenvalue weighted by Gasteiger charge is 2.58. The van der Waals surface area contributed by atoms with Crippen LogP contribution < -0.4 is 0 Å². The minimum Gasteiger partial charge on any atom is -0.462 e. The number of carbonyl (C=O) groups is 1. The first-order valence-corrected chi connectivity index (χ1v) is 23.6. The Labute approximate surface area is 376 Å². The number of aliphatic hydroxyl groups is 2. The minimum absolute atomic E-state index is 0.0151. The average Bonchev–Trinajstić information content (AvgIpc) is 3.60. The minimum atomic E-state index is -0.923. The van der Waals surface area contributed by atoms with E-state index in [1.807, 2.05) is 52.0 Å². The first-order chi connectivity index (χ1) is 30.0. The Morgan fingerprint density at radius 1 is 1.03 bits per heavy atom. The fraction of sp³-hybridized carbons (Fsp3) is 0.780. The van der Waals surface area contributed by atoms with Crippen molar-refractivity contribution in [2.75, 3.05) is 27.4 Å². The zero-order chi connectivity index (χ0) is 45.8. The second kappa shape index (κ2) is 21.6. The molecule has 0 aromatic carbocycles. The van der Waals surface area contributed by atoms with Crippen LogP contribution in [0.25, 0.3) is 0 Å². The molecule has 0 saturated carbocycles. The molecular formula is C50H78O13. The van der Waals surface area contributed by atoms with Gasteiger partial charge in [0.25, 0.3) is 0 Å². The first kappa shape index (κ1) is 50.1. The fourth-order valence-corrected chi connectivity index (χ4v) is 10.5. The Hall–Kier alpha value is -2.27. The standard InChI is InChI=1S/C50H78O13/c1-13-16-29(4)44(61-41-25-39(55-12)46(34(9)59-41)62-40-24-38(54-11)43(52)33(8)58-40)30(5)17-15-18-35-27-56-47-42(51)32(7)23-37(49(35,47)10)48(53)60-36-20-22-57-50(26-36)21-19-31(6)45(63-50)28(3)14-2/h15-19,21,23,28,30-31,33-34,36-47,51-52H,13-14,20,22,24-27H2,1-12H3/b17-15+,29-16+,35-18+/t28-,30-,31-,33-,34-,36-,37+,38-,39-,40+,41+,42+,43-,44+,45+,46-,47-,49+,50+/m0/s1. The van der Waals surface area contributed by atoms with Crippen molar-refractivity contribution >= 4 is 5.97 Å². The molecule has 4 saturated heterocycles. The van der Waals surface area contributed by atoms with E-state index < -0.39 is 72.4 Å². The van der Waals surface area contributed by atoms with E-state index >= 15 is 0 Å². The van der Waals surface area contributed by atoms with Gasteiger partial charge in [0.15, 0.2) is 18.4 Å². The summed E-state index contributed by atoms with van der Waals surface area (Å²) in [7, 11) is 3.25. The molecule has 0 unspecified atom stereocenters. The van der Waals surface area contributed by atoms with Crippen LogP contribution in [0.2, 0.25) is 0 Å². The van der Waals surface area contributed by atoms with Crippen LogP contribution in [-0.4, -0.2) is 129 Å². The van der Waals surface area contributed by atoms with E-state index in [4.69, 9.17) is 47.4 Å². The SMILES string of the molecule is CC/C=C(\C)[C@@H](O[C@@H]1C[C@H](OC)[C@@H](O[C@@H]2C[C@H](OC)[C@@H](O)[C@H](C)O2)[C@H](C)O1)[C@@H](C)/C=C/C=C1\CO[C@H]2[C@H](O)C(C)=C[C@H](C(=O)O[C@H]3CCO[C@@]4(C=C[C@H](C)[C@@H]([C@@H](C)CC)O4)C3)[C@@]12C. The van der Waals surface area contributed by atoms with Gasteiger partial charge in [-0.15, -0.1) is 0 Å². The summed E-state index contributed by atoms with van der Waals surface area (Å²) in [6.45, 7) is 21.1. The normalized spacial score (nSPS) is 43.2. The Balaban J connectivity index is 1.14. The molecule has 1 aliphatic carbocycles. The Morgan fingerprint density at radius 2 is 1.75 bits per heavy atom. The highest BCUT2D eigenvalue weighted by Crippen LogP contribution is 2.52. The molecule has 5 aliphatic heterocycles. The maximum Gasteiger partial charge on any atom is 0.314 e. The second-order valence-corrected chi connectivity index (χ2v) is 19.2. The summed E-state index contributed by atoms with van der Waals surface area (Å²) in [6.07, 6.45) is 12.1. The summed E-state index contributed by atoms with van der Waals surface area (Å²) >= 11 is 0. The third kappa shape index (κ3) is 11.0. The van der Waals surface area contributed by atoms with Gasteiger partial charge >= 0.3 is 5.97 Å². The summed E-state index contributed by atoms with van der Waals surface area (Å²) in [5, 5.41) is 21.8. The van der Waals surface area contributed by atoms with Crippen molar-refractivity contribution in [3.05, 3.63) is 59.3 Å². The number of ether oxygens (including phenoxy) is 10. The van der Waals surface area contributed by atoms with Crippen molar-refractivity contribution in [2.45, 2.75) is 193 Å². The van der Waals surface area contributed by atoms with Gasteiger partial charge in [-0.3, -0.25) is 4.79 Å². The summed E-state index contributed by atoms with van der Waals surface area (Å²) in [6, 6.07) is 0. The van der Waals surface area contributed by atoms with Gasteiger partial charge in [0.2, 0.25) is 0 Å². The molecule has 13 heteroatoms. The lowest BCUT2D eigenvalue weighted by atomic mass is 9.63. The van der Waals surface area contributed by atoms with E-state index in [9.17, 15) is 15.0 Å². The molecule has 6 aliphatic rings. The molecule has 6 rings (SSSR count). The lowest BCUT2D eigenvalue weighted by Gasteiger charge is -2.46. The number of esters is 1.